The molecule has 1 aliphatic heterocycles. The average Bonchev–Trinajstić information content (AvgIpc) is 3.11. The van der Waals surface area contributed by atoms with Gasteiger partial charge < -0.3 is 21.3 Å². The molecule has 0 aliphatic carbocycles. The standard InChI is InChI=1S/C14H24N4O4.3C2H6/c1-3-4-10(16-8-19)5-13(21)17-9(2)14(22)18-11-6-12(20)15-7-11;3*1-2/h8-11H,3-7H2,1-2H3,(H,15,20)(H,16,19)(H,17,21)(H,18,22);3*1-2H3/t9-,10?,11?;;;/m1.../s1. The summed E-state index contributed by atoms with van der Waals surface area (Å²) in [5.74, 6) is -0.717. The number of amides is 4. The first kappa shape index (κ1) is 30.6. The van der Waals surface area contributed by atoms with E-state index in [0.717, 1.165) is 6.42 Å². The molecule has 166 valence electrons. The van der Waals surface area contributed by atoms with Gasteiger partial charge in [-0.3, -0.25) is 19.2 Å². The van der Waals surface area contributed by atoms with Gasteiger partial charge in [-0.25, -0.2) is 0 Å². The fourth-order valence-electron chi connectivity index (χ4n) is 2.31. The Kier molecular flexibility index (Phi) is 23.2. The van der Waals surface area contributed by atoms with E-state index in [1.54, 1.807) is 6.92 Å². The number of hydrogen-bond acceptors (Lipinski definition) is 4. The number of nitrogens with one attached hydrogen (secondary N) is 4. The van der Waals surface area contributed by atoms with E-state index in [0.29, 0.717) is 19.4 Å². The van der Waals surface area contributed by atoms with E-state index < -0.39 is 6.04 Å². The second kappa shape index (κ2) is 21.2. The van der Waals surface area contributed by atoms with Crippen LogP contribution in [0.2, 0.25) is 0 Å². The predicted molar refractivity (Wildman–Crippen MR) is 114 cm³/mol. The largest absolute Gasteiger partial charge is 0.355 e. The molecule has 1 rings (SSSR count). The van der Waals surface area contributed by atoms with Gasteiger partial charge in [0.15, 0.2) is 0 Å². The summed E-state index contributed by atoms with van der Waals surface area (Å²) in [6.45, 7) is 16.0. The van der Waals surface area contributed by atoms with Gasteiger partial charge in [0.2, 0.25) is 24.1 Å². The first-order valence-corrected chi connectivity index (χ1v) is 10.5. The lowest BCUT2D eigenvalue weighted by molar-refractivity contribution is -0.129. The maximum absolute atomic E-state index is 11.9. The molecule has 2 unspecified atom stereocenters. The molecule has 4 amide bonds. The summed E-state index contributed by atoms with van der Waals surface area (Å²) in [5.41, 5.74) is 0. The van der Waals surface area contributed by atoms with Crippen LogP contribution in [-0.4, -0.2) is 48.8 Å². The number of carbonyl (C=O) groups is 4. The monoisotopic (exact) mass is 402 g/mol. The molecule has 0 aromatic heterocycles. The van der Waals surface area contributed by atoms with Crippen molar-refractivity contribution in [3.05, 3.63) is 0 Å². The van der Waals surface area contributed by atoms with E-state index >= 15 is 0 Å². The minimum atomic E-state index is -0.693. The first-order valence-electron chi connectivity index (χ1n) is 10.5. The molecule has 0 saturated carbocycles. The van der Waals surface area contributed by atoms with Crippen molar-refractivity contribution in [3.8, 4) is 0 Å². The summed E-state index contributed by atoms with van der Waals surface area (Å²) in [6, 6.07) is -1.15. The topological polar surface area (TPSA) is 116 Å². The van der Waals surface area contributed by atoms with Crippen LogP contribution < -0.4 is 21.3 Å². The maximum atomic E-state index is 11.9. The lowest BCUT2D eigenvalue weighted by atomic mass is 10.1. The van der Waals surface area contributed by atoms with E-state index in [1.807, 2.05) is 48.5 Å². The molecule has 4 N–H and O–H groups in total. The normalized spacial score (nSPS) is 16.1. The van der Waals surface area contributed by atoms with Gasteiger partial charge in [-0.2, -0.15) is 0 Å². The second-order valence-corrected chi connectivity index (χ2v) is 5.48. The highest BCUT2D eigenvalue weighted by Gasteiger charge is 2.25. The lowest BCUT2D eigenvalue weighted by Crippen LogP contribution is -2.49. The van der Waals surface area contributed by atoms with Crippen LogP contribution in [0.4, 0.5) is 0 Å². The molecule has 8 nitrogen and oxygen atoms in total. The molecule has 0 radical (unpaired) electrons. The quantitative estimate of drug-likeness (QED) is 0.441. The van der Waals surface area contributed by atoms with Crippen LogP contribution in [0, 0.1) is 0 Å². The van der Waals surface area contributed by atoms with E-state index in [-0.39, 0.29) is 42.6 Å². The van der Waals surface area contributed by atoms with Crippen molar-refractivity contribution in [1.82, 2.24) is 21.3 Å². The molecule has 8 heteroatoms. The predicted octanol–water partition coefficient (Wildman–Crippen LogP) is 1.88. The molecule has 28 heavy (non-hydrogen) atoms. The van der Waals surface area contributed by atoms with Crippen molar-refractivity contribution in [1.29, 1.82) is 0 Å². The highest BCUT2D eigenvalue weighted by atomic mass is 16.2. The summed E-state index contributed by atoms with van der Waals surface area (Å²) in [7, 11) is 0. The van der Waals surface area contributed by atoms with Crippen LogP contribution in [-0.2, 0) is 19.2 Å². The Balaban J connectivity index is -0.000000946. The molecular weight excluding hydrogens is 360 g/mol. The molecule has 0 spiro atoms. The van der Waals surface area contributed by atoms with Gasteiger partial charge in [0.1, 0.15) is 6.04 Å². The fourth-order valence-corrected chi connectivity index (χ4v) is 2.31. The van der Waals surface area contributed by atoms with Gasteiger partial charge >= 0.3 is 0 Å². The van der Waals surface area contributed by atoms with Gasteiger partial charge in [0.25, 0.3) is 0 Å². The Labute approximate surface area is 171 Å². The molecular formula is C20H42N4O4. The molecule has 1 heterocycles. The highest BCUT2D eigenvalue weighted by molar-refractivity contribution is 5.88. The molecule has 1 aliphatic rings. The number of carbonyl (C=O) groups excluding carboxylic acids is 4. The Morgan fingerprint density at radius 2 is 1.75 bits per heavy atom. The van der Waals surface area contributed by atoms with Crippen LogP contribution in [0.25, 0.3) is 0 Å². The van der Waals surface area contributed by atoms with Crippen molar-refractivity contribution in [2.75, 3.05) is 6.54 Å². The number of rotatable bonds is 9. The van der Waals surface area contributed by atoms with Gasteiger partial charge in [-0.15, -0.1) is 0 Å². The molecule has 1 fully saturated rings. The molecule has 0 bridgehead atoms. The minimum absolute atomic E-state index is 0.0932. The summed E-state index contributed by atoms with van der Waals surface area (Å²) in [4.78, 5) is 45.4. The summed E-state index contributed by atoms with van der Waals surface area (Å²) in [5, 5.41) is 10.5. The van der Waals surface area contributed by atoms with Crippen molar-refractivity contribution >= 4 is 24.1 Å². The third-order valence-electron chi connectivity index (χ3n) is 3.47. The van der Waals surface area contributed by atoms with Crippen molar-refractivity contribution in [3.63, 3.8) is 0 Å². The van der Waals surface area contributed by atoms with Gasteiger partial charge in [-0.05, 0) is 13.3 Å². The van der Waals surface area contributed by atoms with Crippen LogP contribution >= 0.6 is 0 Å². The Hall–Kier alpha value is -2.12. The van der Waals surface area contributed by atoms with E-state index in [1.165, 1.54) is 0 Å². The Morgan fingerprint density at radius 1 is 1.18 bits per heavy atom. The third kappa shape index (κ3) is 15.0. The maximum Gasteiger partial charge on any atom is 0.242 e. The molecule has 3 atom stereocenters. The van der Waals surface area contributed by atoms with Crippen LogP contribution in [0.3, 0.4) is 0 Å². The van der Waals surface area contributed by atoms with E-state index in [4.69, 9.17) is 0 Å². The van der Waals surface area contributed by atoms with Crippen LogP contribution in [0.5, 0.6) is 0 Å². The zero-order valence-corrected chi connectivity index (χ0v) is 19.0. The average molecular weight is 403 g/mol. The van der Waals surface area contributed by atoms with E-state index in [9.17, 15) is 19.2 Å². The summed E-state index contributed by atoms with van der Waals surface area (Å²) < 4.78 is 0. The minimum Gasteiger partial charge on any atom is -0.355 e. The van der Waals surface area contributed by atoms with Crippen molar-refractivity contribution in [2.24, 2.45) is 0 Å². The SMILES string of the molecule is CC.CC.CC.CCCC(CC(=O)N[C@H](C)C(=O)NC1CNC(=O)C1)NC=O. The number of hydrogen-bond donors (Lipinski definition) is 4. The third-order valence-corrected chi connectivity index (χ3v) is 3.47. The van der Waals surface area contributed by atoms with Gasteiger partial charge in [0.05, 0.1) is 6.04 Å². The van der Waals surface area contributed by atoms with Crippen LogP contribution in [0.15, 0.2) is 0 Å². The fraction of sp³-hybridized carbons (Fsp3) is 0.800. The lowest BCUT2D eigenvalue weighted by Gasteiger charge is -2.19. The van der Waals surface area contributed by atoms with E-state index in [2.05, 4.69) is 21.3 Å². The van der Waals surface area contributed by atoms with Gasteiger partial charge in [0, 0.05) is 25.4 Å². The Morgan fingerprint density at radius 3 is 2.18 bits per heavy atom. The summed E-state index contributed by atoms with van der Waals surface area (Å²) >= 11 is 0. The first-order chi connectivity index (χ1) is 13.5. The van der Waals surface area contributed by atoms with Crippen LogP contribution in [0.1, 0.15) is 81.1 Å². The van der Waals surface area contributed by atoms with Crippen molar-refractivity contribution in [2.45, 2.75) is 99.2 Å². The second-order valence-electron chi connectivity index (χ2n) is 5.48. The smallest absolute Gasteiger partial charge is 0.242 e. The zero-order valence-electron chi connectivity index (χ0n) is 19.0. The molecule has 1 saturated heterocycles. The molecule has 0 aromatic carbocycles. The molecule has 0 aromatic rings. The Bertz CT molecular complexity index is 430. The summed E-state index contributed by atoms with van der Waals surface area (Å²) in [6.07, 6.45) is 2.51. The van der Waals surface area contributed by atoms with Crippen molar-refractivity contribution < 1.29 is 19.2 Å². The van der Waals surface area contributed by atoms with Gasteiger partial charge in [-0.1, -0.05) is 54.9 Å². The highest BCUT2D eigenvalue weighted by Crippen LogP contribution is 2.02. The zero-order chi connectivity index (χ0) is 22.5.